The van der Waals surface area contributed by atoms with Gasteiger partial charge < -0.3 is 14.2 Å². The Hall–Kier alpha value is -3.12. The van der Waals surface area contributed by atoms with Crippen LogP contribution < -0.4 is 4.74 Å². The van der Waals surface area contributed by atoms with Crippen LogP contribution in [0.1, 0.15) is 25.0 Å². The minimum atomic E-state index is -0.365. The van der Waals surface area contributed by atoms with Crippen LogP contribution in [0.5, 0.6) is 5.75 Å². The smallest absolute Gasteiger partial charge is 0.410 e. The predicted molar refractivity (Wildman–Crippen MR) is 134 cm³/mol. The summed E-state index contributed by atoms with van der Waals surface area (Å²) in [5.41, 5.74) is 4.82. The molecule has 33 heavy (non-hydrogen) atoms. The average Bonchev–Trinajstić information content (AvgIpc) is 3.20. The van der Waals surface area contributed by atoms with E-state index < -0.39 is 0 Å². The number of hydrogen-bond donors (Lipinski definition) is 0. The molecule has 0 saturated heterocycles. The highest BCUT2D eigenvalue weighted by Gasteiger charge is 2.19. The lowest BCUT2D eigenvalue weighted by Gasteiger charge is -2.20. The van der Waals surface area contributed by atoms with E-state index in [1.165, 1.54) is 12.1 Å². The van der Waals surface area contributed by atoms with E-state index in [1.807, 2.05) is 69.4 Å². The molecule has 0 bridgehead atoms. The molecule has 0 atom stereocenters. The minimum absolute atomic E-state index is 0.268. The zero-order chi connectivity index (χ0) is 23.5. The van der Waals surface area contributed by atoms with Crippen molar-refractivity contribution in [3.8, 4) is 16.9 Å². The second-order valence-electron chi connectivity index (χ2n) is 7.96. The van der Waals surface area contributed by atoms with E-state index in [0.717, 1.165) is 37.6 Å². The Kier molecular flexibility index (Phi) is 6.84. The summed E-state index contributed by atoms with van der Waals surface area (Å²) in [6.07, 6.45) is 1.62. The quantitative estimate of drug-likeness (QED) is 0.271. The van der Waals surface area contributed by atoms with Gasteiger partial charge in [0.2, 0.25) is 0 Å². The number of benzene rings is 3. The van der Waals surface area contributed by atoms with Gasteiger partial charge in [-0.2, -0.15) is 0 Å². The van der Waals surface area contributed by atoms with Crippen LogP contribution >= 0.6 is 15.9 Å². The maximum atomic E-state index is 13.8. The molecule has 0 aliphatic carbocycles. The number of aromatic nitrogens is 1. The average molecular weight is 509 g/mol. The molecule has 4 nitrogen and oxygen atoms in total. The minimum Gasteiger partial charge on any atom is -0.410 e. The summed E-state index contributed by atoms with van der Waals surface area (Å²) in [6.45, 7) is 7.57. The first-order valence-corrected chi connectivity index (χ1v) is 11.8. The third-order valence-corrected chi connectivity index (χ3v) is 6.60. The van der Waals surface area contributed by atoms with Crippen LogP contribution in [-0.4, -0.2) is 28.6 Å². The highest BCUT2D eigenvalue weighted by molar-refractivity contribution is 9.10. The first-order chi connectivity index (χ1) is 15.9. The van der Waals surface area contributed by atoms with E-state index >= 15 is 0 Å². The lowest BCUT2D eigenvalue weighted by Crippen LogP contribution is -2.33. The van der Waals surface area contributed by atoms with Gasteiger partial charge in [-0.25, -0.2) is 9.18 Å². The second-order valence-corrected chi connectivity index (χ2v) is 8.81. The van der Waals surface area contributed by atoms with Crippen LogP contribution in [0.25, 0.3) is 22.0 Å². The molecule has 170 valence electrons. The van der Waals surface area contributed by atoms with Crippen LogP contribution in [0.2, 0.25) is 0 Å². The monoisotopic (exact) mass is 508 g/mol. The van der Waals surface area contributed by atoms with E-state index in [0.29, 0.717) is 25.4 Å². The van der Waals surface area contributed by atoms with Gasteiger partial charge in [0.25, 0.3) is 0 Å². The fraction of sp³-hybridized carbons (Fsp3) is 0.222. The second kappa shape index (κ2) is 9.79. The number of rotatable bonds is 6. The van der Waals surface area contributed by atoms with Crippen LogP contribution in [-0.2, 0) is 6.54 Å². The molecule has 0 fully saturated rings. The molecule has 0 saturated carbocycles. The van der Waals surface area contributed by atoms with Gasteiger partial charge in [0, 0.05) is 46.8 Å². The summed E-state index contributed by atoms with van der Waals surface area (Å²) in [4.78, 5) is 14.4. The van der Waals surface area contributed by atoms with Gasteiger partial charge in [0.15, 0.2) is 0 Å². The molecular weight excluding hydrogens is 483 g/mol. The number of carbonyl (C=O) groups excluding carboxylic acids is 1. The number of ether oxygens (including phenoxy) is 1. The van der Waals surface area contributed by atoms with E-state index in [4.69, 9.17) is 4.74 Å². The molecule has 1 aromatic heterocycles. The summed E-state index contributed by atoms with van der Waals surface area (Å²) >= 11 is 3.52. The third-order valence-electron chi connectivity index (χ3n) is 5.82. The maximum absolute atomic E-state index is 13.8. The molecule has 0 spiro atoms. The van der Waals surface area contributed by atoms with Crippen molar-refractivity contribution in [2.75, 3.05) is 13.1 Å². The largest absolute Gasteiger partial charge is 0.415 e. The lowest BCUT2D eigenvalue weighted by atomic mass is 9.99. The molecule has 0 N–H and O–H groups in total. The third kappa shape index (κ3) is 4.81. The summed E-state index contributed by atoms with van der Waals surface area (Å²) < 4.78 is 22.6. The summed E-state index contributed by atoms with van der Waals surface area (Å²) in [5, 5.41) is 0.969. The molecule has 0 radical (unpaired) electrons. The van der Waals surface area contributed by atoms with Crippen molar-refractivity contribution in [1.82, 2.24) is 9.47 Å². The van der Waals surface area contributed by atoms with Crippen molar-refractivity contribution in [2.24, 2.45) is 0 Å². The Bertz CT molecular complexity index is 1290. The van der Waals surface area contributed by atoms with Crippen LogP contribution in [0, 0.1) is 12.7 Å². The van der Waals surface area contributed by atoms with Crippen molar-refractivity contribution in [2.45, 2.75) is 27.3 Å². The molecule has 0 aliphatic rings. The molecule has 0 aliphatic heterocycles. The number of aryl methyl sites for hydroxylation is 1. The normalized spacial score (nSPS) is 11.1. The molecule has 1 amide bonds. The maximum Gasteiger partial charge on any atom is 0.415 e. The Balaban J connectivity index is 1.82. The number of fused-ring (bicyclic) bond motifs is 1. The van der Waals surface area contributed by atoms with Gasteiger partial charge in [0.05, 0.1) is 0 Å². The summed E-state index contributed by atoms with van der Waals surface area (Å²) in [6, 6.07) is 18.7. The highest BCUT2D eigenvalue weighted by Crippen LogP contribution is 2.38. The van der Waals surface area contributed by atoms with E-state index in [9.17, 15) is 9.18 Å². The molecule has 0 unspecified atom stereocenters. The van der Waals surface area contributed by atoms with Gasteiger partial charge in [-0.05, 0) is 68.3 Å². The lowest BCUT2D eigenvalue weighted by molar-refractivity contribution is 0.157. The number of hydrogen-bond acceptors (Lipinski definition) is 2. The number of halogens is 2. The van der Waals surface area contributed by atoms with Crippen molar-refractivity contribution < 1.29 is 13.9 Å². The fourth-order valence-electron chi connectivity index (χ4n) is 3.98. The predicted octanol–water partition coefficient (Wildman–Crippen LogP) is 7.41. The zero-order valence-corrected chi connectivity index (χ0v) is 20.5. The number of carbonyl (C=O) groups is 1. The Morgan fingerprint density at radius 3 is 2.45 bits per heavy atom. The highest BCUT2D eigenvalue weighted by atomic mass is 79.9. The Morgan fingerprint density at radius 2 is 1.76 bits per heavy atom. The SMILES string of the molecule is CCN(CC)C(=O)Oc1ccc2c(ccn2Cc2cc(F)ccc2Br)c1-c1ccc(C)cc1. The van der Waals surface area contributed by atoms with E-state index in [2.05, 4.69) is 20.5 Å². The van der Waals surface area contributed by atoms with Crippen molar-refractivity contribution in [3.05, 3.63) is 88.3 Å². The number of amides is 1. The van der Waals surface area contributed by atoms with Crippen LogP contribution in [0.3, 0.4) is 0 Å². The van der Waals surface area contributed by atoms with Crippen molar-refractivity contribution in [1.29, 1.82) is 0 Å². The van der Waals surface area contributed by atoms with Gasteiger partial charge in [-0.1, -0.05) is 45.8 Å². The first-order valence-electron chi connectivity index (χ1n) is 11.0. The number of nitrogens with zero attached hydrogens (tertiary/aromatic N) is 2. The van der Waals surface area contributed by atoms with E-state index in [-0.39, 0.29) is 11.9 Å². The Labute approximate surface area is 201 Å². The van der Waals surface area contributed by atoms with Crippen molar-refractivity contribution >= 4 is 32.9 Å². The molecule has 3 aromatic carbocycles. The van der Waals surface area contributed by atoms with Gasteiger partial charge in [-0.3, -0.25) is 0 Å². The molecular formula is C27H26BrFN2O2. The van der Waals surface area contributed by atoms with Crippen LogP contribution in [0.15, 0.2) is 71.3 Å². The molecule has 4 aromatic rings. The van der Waals surface area contributed by atoms with Gasteiger partial charge >= 0.3 is 6.09 Å². The fourth-order valence-corrected chi connectivity index (χ4v) is 4.35. The first kappa shape index (κ1) is 23.1. The Morgan fingerprint density at radius 1 is 1.03 bits per heavy atom. The molecule has 4 rings (SSSR count). The molecule has 1 heterocycles. The standard InChI is InChI=1S/C27H26BrFN2O2/c1-4-30(5-2)27(32)33-25-13-12-24-22(26(25)19-8-6-18(3)7-9-19)14-15-31(24)17-20-16-21(29)10-11-23(20)28/h6-16H,4-5,17H2,1-3H3. The van der Waals surface area contributed by atoms with Crippen molar-refractivity contribution in [3.63, 3.8) is 0 Å². The zero-order valence-electron chi connectivity index (χ0n) is 18.9. The topological polar surface area (TPSA) is 34.5 Å². The summed E-state index contributed by atoms with van der Waals surface area (Å²) in [7, 11) is 0. The van der Waals surface area contributed by atoms with E-state index in [1.54, 1.807) is 11.0 Å². The van der Waals surface area contributed by atoms with Gasteiger partial charge in [0.1, 0.15) is 11.6 Å². The van der Waals surface area contributed by atoms with Crippen LogP contribution in [0.4, 0.5) is 9.18 Å². The summed E-state index contributed by atoms with van der Waals surface area (Å²) in [5.74, 6) is 0.253. The molecule has 6 heteroatoms. The van der Waals surface area contributed by atoms with Gasteiger partial charge in [-0.15, -0.1) is 0 Å².